The Labute approximate surface area is 130 Å². The van der Waals surface area contributed by atoms with Gasteiger partial charge in [0.15, 0.2) is 0 Å². The first kappa shape index (κ1) is 14.8. The van der Waals surface area contributed by atoms with Crippen LogP contribution in [0.3, 0.4) is 0 Å². The summed E-state index contributed by atoms with van der Waals surface area (Å²) < 4.78 is 0. The van der Waals surface area contributed by atoms with Gasteiger partial charge in [-0.25, -0.2) is 4.98 Å². The number of aryl methyl sites for hydroxylation is 2. The molecule has 6 heteroatoms. The molecule has 0 saturated carbocycles. The van der Waals surface area contributed by atoms with Gasteiger partial charge in [-0.3, -0.25) is 9.69 Å². The lowest BCUT2D eigenvalue weighted by Gasteiger charge is -2.46. The largest absolute Gasteiger partial charge is 0.352 e. The molecule has 22 heavy (non-hydrogen) atoms. The van der Waals surface area contributed by atoms with Crippen LogP contribution in [-0.4, -0.2) is 66.5 Å². The smallest absolute Gasteiger partial charge is 0.241 e. The number of fused-ring (bicyclic) bond motifs is 1. The molecule has 0 spiro atoms. The molecule has 2 fully saturated rings. The summed E-state index contributed by atoms with van der Waals surface area (Å²) in [6.45, 7) is 7.84. The van der Waals surface area contributed by atoms with Gasteiger partial charge in [0.25, 0.3) is 0 Å². The van der Waals surface area contributed by atoms with E-state index < -0.39 is 0 Å². The maximum atomic E-state index is 12.4. The predicted molar refractivity (Wildman–Crippen MR) is 83.6 cm³/mol. The van der Waals surface area contributed by atoms with E-state index >= 15 is 0 Å². The molecule has 1 amide bonds. The molecule has 2 aliphatic rings. The predicted octanol–water partition coefficient (Wildman–Crippen LogP) is 0.533. The van der Waals surface area contributed by atoms with Gasteiger partial charge in [-0.1, -0.05) is 0 Å². The van der Waals surface area contributed by atoms with Crippen LogP contribution in [0.25, 0.3) is 0 Å². The fourth-order valence-electron chi connectivity index (χ4n) is 3.34. The number of nitrogens with zero attached hydrogens (tertiary/aromatic N) is 5. The lowest BCUT2D eigenvalue weighted by molar-refractivity contribution is -0.140. The van der Waals surface area contributed by atoms with Gasteiger partial charge < -0.3 is 9.80 Å². The zero-order valence-electron chi connectivity index (χ0n) is 13.3. The van der Waals surface area contributed by atoms with Gasteiger partial charge in [0.2, 0.25) is 5.91 Å². The van der Waals surface area contributed by atoms with Crippen molar-refractivity contribution in [2.75, 3.05) is 44.7 Å². The highest BCUT2D eigenvalue weighted by atomic mass is 16.2. The van der Waals surface area contributed by atoms with E-state index in [1.165, 1.54) is 0 Å². The maximum absolute atomic E-state index is 12.4. The topological polar surface area (TPSA) is 63.5 Å². The Morgan fingerprint density at radius 1 is 1.27 bits per heavy atom. The molecule has 6 nitrogen and oxygen atoms in total. The number of amides is 1. The van der Waals surface area contributed by atoms with Crippen molar-refractivity contribution >= 4 is 11.7 Å². The van der Waals surface area contributed by atoms with Gasteiger partial charge in [0.1, 0.15) is 17.9 Å². The molecule has 3 rings (SSSR count). The zero-order valence-corrected chi connectivity index (χ0v) is 13.3. The first-order valence-electron chi connectivity index (χ1n) is 7.63. The standard InChI is InChI=1S/C16H21N5O/c1-11-8-12(2)18-15(13(11)9-17)21-7-6-20-5-4-19(3)16(22)14(20)10-21/h8,14H,4-7,10H2,1-3H3. The van der Waals surface area contributed by atoms with E-state index in [0.29, 0.717) is 12.1 Å². The van der Waals surface area contributed by atoms with Crippen molar-refractivity contribution in [1.82, 2.24) is 14.8 Å². The van der Waals surface area contributed by atoms with Crippen molar-refractivity contribution in [2.45, 2.75) is 19.9 Å². The molecule has 0 radical (unpaired) electrons. The number of nitriles is 1. The highest BCUT2D eigenvalue weighted by molar-refractivity contribution is 5.83. The highest BCUT2D eigenvalue weighted by Crippen LogP contribution is 2.25. The monoisotopic (exact) mass is 299 g/mol. The van der Waals surface area contributed by atoms with E-state index in [0.717, 1.165) is 43.3 Å². The van der Waals surface area contributed by atoms with Crippen molar-refractivity contribution in [3.63, 3.8) is 0 Å². The molecule has 3 heterocycles. The molecule has 1 unspecified atom stereocenters. The summed E-state index contributed by atoms with van der Waals surface area (Å²) in [6, 6.07) is 4.07. The van der Waals surface area contributed by atoms with Crippen LogP contribution in [0.4, 0.5) is 5.82 Å². The number of piperazine rings is 2. The lowest BCUT2D eigenvalue weighted by Crippen LogP contribution is -2.64. The summed E-state index contributed by atoms with van der Waals surface area (Å²) in [5.41, 5.74) is 2.47. The summed E-state index contributed by atoms with van der Waals surface area (Å²) >= 11 is 0. The fourth-order valence-corrected chi connectivity index (χ4v) is 3.34. The number of carbonyl (C=O) groups excluding carboxylic acids is 1. The van der Waals surface area contributed by atoms with E-state index in [2.05, 4.69) is 20.9 Å². The first-order chi connectivity index (χ1) is 10.5. The third-order valence-corrected chi connectivity index (χ3v) is 4.61. The molecule has 0 aliphatic carbocycles. The van der Waals surface area contributed by atoms with Crippen LogP contribution in [0.2, 0.25) is 0 Å². The van der Waals surface area contributed by atoms with Crippen LogP contribution in [-0.2, 0) is 4.79 Å². The van der Waals surface area contributed by atoms with Crippen LogP contribution >= 0.6 is 0 Å². The van der Waals surface area contributed by atoms with E-state index in [1.54, 1.807) is 4.90 Å². The average Bonchev–Trinajstić information content (AvgIpc) is 2.50. The summed E-state index contributed by atoms with van der Waals surface area (Å²) in [5, 5.41) is 9.45. The Morgan fingerprint density at radius 3 is 2.73 bits per heavy atom. The minimum atomic E-state index is -0.123. The van der Waals surface area contributed by atoms with Gasteiger partial charge >= 0.3 is 0 Å². The molecule has 0 aromatic carbocycles. The number of rotatable bonds is 1. The average molecular weight is 299 g/mol. The molecule has 116 valence electrons. The Morgan fingerprint density at radius 2 is 2.00 bits per heavy atom. The molecule has 1 atom stereocenters. The Balaban J connectivity index is 1.91. The molecular formula is C16H21N5O. The Hall–Kier alpha value is -2.13. The Kier molecular flexibility index (Phi) is 3.75. The van der Waals surface area contributed by atoms with Gasteiger partial charge in [-0.2, -0.15) is 5.26 Å². The van der Waals surface area contributed by atoms with Crippen LogP contribution in [0.1, 0.15) is 16.8 Å². The highest BCUT2D eigenvalue weighted by Gasteiger charge is 2.38. The van der Waals surface area contributed by atoms with E-state index in [9.17, 15) is 10.1 Å². The number of likely N-dealkylation sites (N-methyl/N-ethyl adjacent to an activating group) is 1. The molecular weight excluding hydrogens is 278 g/mol. The second-order valence-corrected chi connectivity index (χ2v) is 6.15. The minimum absolute atomic E-state index is 0.123. The van der Waals surface area contributed by atoms with Crippen LogP contribution in [0, 0.1) is 25.2 Å². The molecule has 1 aromatic heterocycles. The number of pyridine rings is 1. The summed E-state index contributed by atoms with van der Waals surface area (Å²) in [7, 11) is 1.86. The second-order valence-electron chi connectivity index (χ2n) is 6.15. The molecule has 0 bridgehead atoms. The molecule has 2 saturated heterocycles. The van der Waals surface area contributed by atoms with Crippen molar-refractivity contribution in [3.8, 4) is 6.07 Å². The normalized spacial score (nSPS) is 22.5. The maximum Gasteiger partial charge on any atom is 0.241 e. The van der Waals surface area contributed by atoms with Crippen LogP contribution < -0.4 is 4.90 Å². The summed E-state index contributed by atoms with van der Waals surface area (Å²) in [5.74, 6) is 0.888. The lowest BCUT2D eigenvalue weighted by atomic mass is 10.1. The molecule has 0 N–H and O–H groups in total. The van der Waals surface area contributed by atoms with E-state index in [4.69, 9.17) is 0 Å². The zero-order chi connectivity index (χ0) is 15.9. The van der Waals surface area contributed by atoms with Gasteiger partial charge in [-0.15, -0.1) is 0 Å². The number of carbonyl (C=O) groups is 1. The van der Waals surface area contributed by atoms with Gasteiger partial charge in [0.05, 0.1) is 5.56 Å². The van der Waals surface area contributed by atoms with Crippen LogP contribution in [0.5, 0.6) is 0 Å². The van der Waals surface area contributed by atoms with Gasteiger partial charge in [0, 0.05) is 45.5 Å². The summed E-state index contributed by atoms with van der Waals surface area (Å²) in [6.07, 6.45) is 0. The SMILES string of the molecule is Cc1cc(C)c(C#N)c(N2CCN3CCN(C)C(=O)C3C2)n1. The number of hydrogen-bond donors (Lipinski definition) is 0. The van der Waals surface area contributed by atoms with Crippen LogP contribution in [0.15, 0.2) is 6.07 Å². The first-order valence-corrected chi connectivity index (χ1v) is 7.63. The number of aromatic nitrogens is 1. The van der Waals surface area contributed by atoms with Crippen molar-refractivity contribution < 1.29 is 4.79 Å². The molecule has 1 aromatic rings. The van der Waals surface area contributed by atoms with Crippen molar-refractivity contribution in [1.29, 1.82) is 5.26 Å². The van der Waals surface area contributed by atoms with Crippen molar-refractivity contribution in [2.24, 2.45) is 0 Å². The quantitative estimate of drug-likeness (QED) is 0.757. The van der Waals surface area contributed by atoms with Gasteiger partial charge in [-0.05, 0) is 25.5 Å². The summed E-state index contributed by atoms with van der Waals surface area (Å²) in [4.78, 5) is 23.1. The number of anilines is 1. The van der Waals surface area contributed by atoms with E-state index in [1.807, 2.05) is 27.0 Å². The molecule has 2 aliphatic heterocycles. The van der Waals surface area contributed by atoms with E-state index in [-0.39, 0.29) is 11.9 Å². The number of hydrogen-bond acceptors (Lipinski definition) is 5. The Bertz CT molecular complexity index is 651. The minimum Gasteiger partial charge on any atom is -0.352 e. The third kappa shape index (κ3) is 2.42. The third-order valence-electron chi connectivity index (χ3n) is 4.61. The van der Waals surface area contributed by atoms with Crippen molar-refractivity contribution in [3.05, 3.63) is 22.9 Å². The second kappa shape index (κ2) is 5.58. The fraction of sp³-hybridized carbons (Fsp3) is 0.562.